The molecule has 1 heterocycles. The van der Waals surface area contributed by atoms with Gasteiger partial charge in [0.15, 0.2) is 0 Å². The third-order valence-electron chi connectivity index (χ3n) is 2.32. The lowest BCUT2D eigenvalue weighted by molar-refractivity contribution is -0.105. The van der Waals surface area contributed by atoms with Gasteiger partial charge in [0.25, 0.3) is 5.91 Å². The van der Waals surface area contributed by atoms with Crippen molar-refractivity contribution in [1.29, 1.82) is 0 Å². The number of hydrogen-bond acceptors (Lipinski definition) is 3. The number of alkyl halides is 3. The molecule has 1 aromatic carbocycles. The summed E-state index contributed by atoms with van der Waals surface area (Å²) in [6.07, 6.45) is -4.26. The Bertz CT molecular complexity index is 642. The van der Waals surface area contributed by atoms with Crippen LogP contribution in [-0.4, -0.2) is 17.8 Å². The first kappa shape index (κ1) is 16.2. The SMILES string of the molecule is O=C(Nc1ccccc1SCC(F)(F)F)c1ccc(Cl)s1. The fourth-order valence-electron chi connectivity index (χ4n) is 1.48. The van der Waals surface area contributed by atoms with E-state index in [1.807, 2.05) is 0 Å². The molecule has 0 spiro atoms. The van der Waals surface area contributed by atoms with Crippen LogP contribution in [0.3, 0.4) is 0 Å². The number of hydrogen-bond donors (Lipinski definition) is 1. The van der Waals surface area contributed by atoms with Crippen LogP contribution in [0.1, 0.15) is 9.67 Å². The molecule has 112 valence electrons. The van der Waals surface area contributed by atoms with Crippen molar-refractivity contribution in [1.82, 2.24) is 0 Å². The molecule has 0 saturated carbocycles. The van der Waals surface area contributed by atoms with Gasteiger partial charge in [-0.15, -0.1) is 23.1 Å². The van der Waals surface area contributed by atoms with Crippen molar-refractivity contribution in [3.05, 3.63) is 45.6 Å². The number of rotatable bonds is 4. The summed E-state index contributed by atoms with van der Waals surface area (Å²) in [5.74, 6) is -1.41. The van der Waals surface area contributed by atoms with Crippen LogP contribution in [0.4, 0.5) is 18.9 Å². The van der Waals surface area contributed by atoms with Crippen molar-refractivity contribution in [2.75, 3.05) is 11.1 Å². The minimum absolute atomic E-state index is 0.348. The Morgan fingerprint density at radius 1 is 1.24 bits per heavy atom. The van der Waals surface area contributed by atoms with Gasteiger partial charge in [0.1, 0.15) is 0 Å². The normalized spacial score (nSPS) is 11.4. The van der Waals surface area contributed by atoms with Crippen LogP contribution in [-0.2, 0) is 0 Å². The highest BCUT2D eigenvalue weighted by molar-refractivity contribution is 7.99. The molecule has 2 aromatic rings. The van der Waals surface area contributed by atoms with Crippen LogP contribution < -0.4 is 5.32 Å². The van der Waals surface area contributed by atoms with E-state index in [-0.39, 0.29) is 0 Å². The predicted molar refractivity (Wildman–Crippen MR) is 80.5 cm³/mol. The zero-order valence-electron chi connectivity index (χ0n) is 10.4. The second kappa shape index (κ2) is 6.72. The number of thioether (sulfide) groups is 1. The lowest BCUT2D eigenvalue weighted by atomic mass is 10.3. The molecule has 0 radical (unpaired) electrons. The number of carbonyl (C=O) groups excluding carboxylic acids is 1. The smallest absolute Gasteiger partial charge is 0.320 e. The molecule has 1 aromatic heterocycles. The van der Waals surface area contributed by atoms with E-state index in [1.54, 1.807) is 30.3 Å². The van der Waals surface area contributed by atoms with Crippen LogP contribution in [0.15, 0.2) is 41.3 Å². The number of nitrogens with one attached hydrogen (secondary N) is 1. The highest BCUT2D eigenvalue weighted by atomic mass is 35.5. The number of benzene rings is 1. The van der Waals surface area contributed by atoms with E-state index in [0.717, 1.165) is 11.3 Å². The standard InChI is InChI=1S/C13H9ClF3NOS2/c14-11-6-5-10(21-11)12(19)18-8-3-1-2-4-9(8)20-7-13(15,16)17/h1-6H,7H2,(H,18,19). The lowest BCUT2D eigenvalue weighted by Gasteiger charge is -2.11. The second-order valence-corrected chi connectivity index (χ2v) is 6.69. The zero-order chi connectivity index (χ0) is 15.5. The minimum atomic E-state index is -4.26. The van der Waals surface area contributed by atoms with E-state index in [9.17, 15) is 18.0 Å². The van der Waals surface area contributed by atoms with Crippen LogP contribution in [0.2, 0.25) is 4.34 Å². The van der Waals surface area contributed by atoms with Crippen molar-refractivity contribution in [2.45, 2.75) is 11.1 Å². The molecular formula is C13H9ClF3NOS2. The van der Waals surface area contributed by atoms with Gasteiger partial charge in [-0.3, -0.25) is 4.79 Å². The Morgan fingerprint density at radius 2 is 1.95 bits per heavy atom. The summed E-state index contributed by atoms with van der Waals surface area (Å²) in [4.78, 5) is 12.8. The van der Waals surface area contributed by atoms with E-state index >= 15 is 0 Å². The number of halogens is 4. The van der Waals surface area contributed by atoms with E-state index in [1.165, 1.54) is 6.07 Å². The molecular weight excluding hydrogens is 343 g/mol. The summed E-state index contributed by atoms with van der Waals surface area (Å²) in [7, 11) is 0. The van der Waals surface area contributed by atoms with E-state index in [0.29, 0.717) is 31.6 Å². The molecule has 0 saturated heterocycles. The quantitative estimate of drug-likeness (QED) is 0.756. The first-order chi connectivity index (χ1) is 9.85. The molecule has 0 unspecified atom stereocenters. The average molecular weight is 352 g/mol. The molecule has 2 rings (SSSR count). The molecule has 0 atom stereocenters. The van der Waals surface area contributed by atoms with E-state index in [2.05, 4.69) is 5.32 Å². The average Bonchev–Trinajstić information content (AvgIpc) is 2.83. The molecule has 21 heavy (non-hydrogen) atoms. The number of carbonyl (C=O) groups is 1. The van der Waals surface area contributed by atoms with E-state index < -0.39 is 17.8 Å². The van der Waals surface area contributed by atoms with Crippen molar-refractivity contribution in [2.24, 2.45) is 0 Å². The fraction of sp³-hybridized carbons (Fsp3) is 0.154. The third kappa shape index (κ3) is 4.94. The molecule has 2 nitrogen and oxygen atoms in total. The number of para-hydroxylation sites is 1. The third-order valence-corrected chi connectivity index (χ3v) is 4.69. The zero-order valence-corrected chi connectivity index (χ0v) is 12.8. The Morgan fingerprint density at radius 3 is 2.57 bits per heavy atom. The van der Waals surface area contributed by atoms with Gasteiger partial charge < -0.3 is 5.32 Å². The molecule has 0 aliphatic heterocycles. The van der Waals surface area contributed by atoms with Crippen molar-refractivity contribution in [3.8, 4) is 0 Å². The molecule has 1 amide bonds. The Hall–Kier alpha value is -1.18. The van der Waals surface area contributed by atoms with Gasteiger partial charge in [-0.25, -0.2) is 0 Å². The summed E-state index contributed by atoms with van der Waals surface area (Å²) in [6, 6.07) is 9.52. The van der Waals surface area contributed by atoms with E-state index in [4.69, 9.17) is 11.6 Å². The van der Waals surface area contributed by atoms with Crippen molar-refractivity contribution in [3.63, 3.8) is 0 Å². The highest BCUT2D eigenvalue weighted by Gasteiger charge is 2.27. The lowest BCUT2D eigenvalue weighted by Crippen LogP contribution is -2.13. The molecule has 0 aliphatic rings. The summed E-state index contributed by atoms with van der Waals surface area (Å²) >= 11 is 7.49. The van der Waals surface area contributed by atoms with Crippen LogP contribution in [0, 0.1) is 0 Å². The summed E-state index contributed by atoms with van der Waals surface area (Å²) in [5, 5.41) is 2.60. The highest BCUT2D eigenvalue weighted by Crippen LogP contribution is 2.32. The van der Waals surface area contributed by atoms with Gasteiger partial charge in [-0.05, 0) is 24.3 Å². The predicted octanol–water partition coefficient (Wildman–Crippen LogP) is 5.31. The van der Waals surface area contributed by atoms with Gasteiger partial charge >= 0.3 is 6.18 Å². The van der Waals surface area contributed by atoms with Crippen molar-refractivity contribution >= 4 is 46.3 Å². The number of thiophene rings is 1. The summed E-state index contributed by atoms with van der Waals surface area (Å²) < 4.78 is 37.3. The van der Waals surface area contributed by atoms with Gasteiger partial charge in [-0.2, -0.15) is 13.2 Å². The maximum Gasteiger partial charge on any atom is 0.398 e. The van der Waals surface area contributed by atoms with Crippen molar-refractivity contribution < 1.29 is 18.0 Å². The van der Waals surface area contributed by atoms with Crippen LogP contribution >= 0.6 is 34.7 Å². The monoisotopic (exact) mass is 351 g/mol. The van der Waals surface area contributed by atoms with Crippen LogP contribution in [0.5, 0.6) is 0 Å². The fourth-order valence-corrected chi connectivity index (χ4v) is 3.18. The molecule has 0 aliphatic carbocycles. The van der Waals surface area contributed by atoms with Gasteiger partial charge in [0, 0.05) is 4.90 Å². The Balaban J connectivity index is 2.11. The summed E-state index contributed by atoms with van der Waals surface area (Å²) in [6.45, 7) is 0. The number of amides is 1. The number of anilines is 1. The molecule has 8 heteroatoms. The first-order valence-corrected chi connectivity index (χ1v) is 7.88. The van der Waals surface area contributed by atoms with Crippen LogP contribution in [0.25, 0.3) is 0 Å². The van der Waals surface area contributed by atoms with Gasteiger partial charge in [-0.1, -0.05) is 23.7 Å². The Kier molecular flexibility index (Phi) is 5.18. The largest absolute Gasteiger partial charge is 0.398 e. The molecule has 0 bridgehead atoms. The minimum Gasteiger partial charge on any atom is -0.320 e. The molecule has 1 N–H and O–H groups in total. The maximum atomic E-state index is 12.3. The first-order valence-electron chi connectivity index (χ1n) is 5.70. The summed E-state index contributed by atoms with van der Waals surface area (Å²) in [5.41, 5.74) is 0.348. The molecule has 0 fully saturated rings. The second-order valence-electron chi connectivity index (χ2n) is 3.96. The van der Waals surface area contributed by atoms with Gasteiger partial charge in [0.2, 0.25) is 0 Å². The van der Waals surface area contributed by atoms with Gasteiger partial charge in [0.05, 0.1) is 20.7 Å². The Labute approximate surface area is 132 Å². The maximum absolute atomic E-state index is 12.3. The topological polar surface area (TPSA) is 29.1 Å².